The zero-order valence-corrected chi connectivity index (χ0v) is 7.02. The molecular weight excluding hydrogens is 140 g/mol. The standard InChI is InChI=1S/C8H16N2O/c1-2-10-7(11)3-4-8(9)5-6-8/h2-6,9H2,1H3,(H,10,11). The maximum absolute atomic E-state index is 11.0. The summed E-state index contributed by atoms with van der Waals surface area (Å²) in [4.78, 5) is 11.0. The fourth-order valence-corrected chi connectivity index (χ4v) is 1.06. The second-order valence-corrected chi connectivity index (χ2v) is 3.32. The van der Waals surface area contributed by atoms with E-state index < -0.39 is 0 Å². The van der Waals surface area contributed by atoms with Crippen molar-refractivity contribution in [2.75, 3.05) is 6.54 Å². The molecule has 0 saturated heterocycles. The number of rotatable bonds is 4. The number of hydrogen-bond donors (Lipinski definition) is 2. The van der Waals surface area contributed by atoms with Gasteiger partial charge in [0.2, 0.25) is 5.91 Å². The second-order valence-electron chi connectivity index (χ2n) is 3.32. The number of nitrogens with two attached hydrogens (primary N) is 1. The molecule has 64 valence electrons. The van der Waals surface area contributed by atoms with Crippen LogP contribution in [0.25, 0.3) is 0 Å². The molecule has 1 aliphatic rings. The van der Waals surface area contributed by atoms with Gasteiger partial charge in [0.25, 0.3) is 0 Å². The van der Waals surface area contributed by atoms with E-state index in [4.69, 9.17) is 5.73 Å². The van der Waals surface area contributed by atoms with Gasteiger partial charge in [0.05, 0.1) is 0 Å². The van der Waals surface area contributed by atoms with Crippen LogP contribution in [0.2, 0.25) is 0 Å². The highest BCUT2D eigenvalue weighted by atomic mass is 16.1. The van der Waals surface area contributed by atoms with Crippen LogP contribution in [-0.2, 0) is 4.79 Å². The van der Waals surface area contributed by atoms with Crippen LogP contribution in [0, 0.1) is 0 Å². The molecule has 0 heterocycles. The quantitative estimate of drug-likeness (QED) is 0.618. The first-order valence-corrected chi connectivity index (χ1v) is 4.22. The Bertz CT molecular complexity index is 152. The minimum absolute atomic E-state index is 0.0189. The van der Waals surface area contributed by atoms with Crippen molar-refractivity contribution < 1.29 is 4.79 Å². The molecule has 0 aromatic rings. The molecule has 3 heteroatoms. The predicted octanol–water partition coefficient (Wildman–Crippen LogP) is 0.394. The third-order valence-electron chi connectivity index (χ3n) is 2.12. The van der Waals surface area contributed by atoms with Gasteiger partial charge < -0.3 is 11.1 Å². The van der Waals surface area contributed by atoms with Crippen molar-refractivity contribution in [1.29, 1.82) is 0 Å². The van der Waals surface area contributed by atoms with Crippen LogP contribution in [0.4, 0.5) is 0 Å². The van der Waals surface area contributed by atoms with Crippen molar-refractivity contribution in [1.82, 2.24) is 5.32 Å². The lowest BCUT2D eigenvalue weighted by molar-refractivity contribution is -0.121. The first kappa shape index (κ1) is 8.53. The molecule has 0 unspecified atom stereocenters. The highest BCUT2D eigenvalue weighted by molar-refractivity contribution is 5.75. The summed E-state index contributed by atoms with van der Waals surface area (Å²) in [6.45, 7) is 2.64. The normalized spacial score (nSPS) is 19.5. The van der Waals surface area contributed by atoms with Crippen molar-refractivity contribution in [2.45, 2.75) is 38.1 Å². The average molecular weight is 156 g/mol. The Hall–Kier alpha value is -0.570. The first-order valence-electron chi connectivity index (χ1n) is 4.22. The fraction of sp³-hybridized carbons (Fsp3) is 0.875. The zero-order valence-electron chi connectivity index (χ0n) is 7.02. The summed E-state index contributed by atoms with van der Waals surface area (Å²) in [5.41, 5.74) is 5.83. The average Bonchev–Trinajstić information content (AvgIpc) is 2.66. The summed E-state index contributed by atoms with van der Waals surface area (Å²) in [5.74, 6) is 0.129. The Kier molecular flexibility index (Phi) is 2.49. The van der Waals surface area contributed by atoms with E-state index in [2.05, 4.69) is 5.32 Å². The van der Waals surface area contributed by atoms with Crippen LogP contribution in [0.3, 0.4) is 0 Å². The molecule has 1 amide bonds. The van der Waals surface area contributed by atoms with Gasteiger partial charge in [-0.05, 0) is 26.2 Å². The number of nitrogens with one attached hydrogen (secondary N) is 1. The zero-order chi connectivity index (χ0) is 8.32. The minimum Gasteiger partial charge on any atom is -0.356 e. The summed E-state index contributed by atoms with van der Waals surface area (Å²) < 4.78 is 0. The van der Waals surface area contributed by atoms with Crippen molar-refractivity contribution in [2.24, 2.45) is 5.73 Å². The molecule has 11 heavy (non-hydrogen) atoms. The Labute approximate surface area is 67.3 Å². The molecule has 3 nitrogen and oxygen atoms in total. The Balaban J connectivity index is 2.06. The molecule has 0 aromatic carbocycles. The Morgan fingerprint density at radius 1 is 1.64 bits per heavy atom. The number of amides is 1. The summed E-state index contributed by atoms with van der Waals surface area (Å²) in [6, 6.07) is 0. The maximum atomic E-state index is 11.0. The lowest BCUT2D eigenvalue weighted by Gasteiger charge is -2.06. The maximum Gasteiger partial charge on any atom is 0.220 e. The van der Waals surface area contributed by atoms with E-state index in [0.29, 0.717) is 6.42 Å². The predicted molar refractivity (Wildman–Crippen MR) is 44.1 cm³/mol. The molecule has 0 aliphatic heterocycles. The largest absolute Gasteiger partial charge is 0.356 e. The SMILES string of the molecule is CCNC(=O)CCC1(N)CC1. The van der Waals surface area contributed by atoms with Crippen LogP contribution in [0.5, 0.6) is 0 Å². The molecule has 1 rings (SSSR count). The highest BCUT2D eigenvalue weighted by Crippen LogP contribution is 2.36. The van der Waals surface area contributed by atoms with Crippen molar-refractivity contribution in [3.63, 3.8) is 0 Å². The second kappa shape index (κ2) is 3.22. The third-order valence-corrected chi connectivity index (χ3v) is 2.12. The summed E-state index contributed by atoms with van der Waals surface area (Å²) in [6.07, 6.45) is 3.61. The van der Waals surface area contributed by atoms with E-state index in [-0.39, 0.29) is 11.4 Å². The van der Waals surface area contributed by atoms with Crippen molar-refractivity contribution >= 4 is 5.91 Å². The summed E-state index contributed by atoms with van der Waals surface area (Å²) in [7, 11) is 0. The van der Waals surface area contributed by atoms with Crippen molar-refractivity contribution in [3.8, 4) is 0 Å². The lowest BCUT2D eigenvalue weighted by atomic mass is 10.1. The summed E-state index contributed by atoms with van der Waals surface area (Å²) in [5, 5.41) is 2.75. The van der Waals surface area contributed by atoms with Crippen LogP contribution in [0.15, 0.2) is 0 Å². The molecule has 1 fully saturated rings. The highest BCUT2D eigenvalue weighted by Gasteiger charge is 2.37. The van der Waals surface area contributed by atoms with Gasteiger partial charge in [-0.3, -0.25) is 4.79 Å². The van der Waals surface area contributed by atoms with Gasteiger partial charge in [-0.1, -0.05) is 0 Å². The van der Waals surface area contributed by atoms with E-state index in [1.807, 2.05) is 6.92 Å². The Morgan fingerprint density at radius 2 is 2.27 bits per heavy atom. The van der Waals surface area contributed by atoms with Gasteiger partial charge in [-0.25, -0.2) is 0 Å². The van der Waals surface area contributed by atoms with Crippen LogP contribution in [0.1, 0.15) is 32.6 Å². The smallest absolute Gasteiger partial charge is 0.220 e. The van der Waals surface area contributed by atoms with Gasteiger partial charge >= 0.3 is 0 Å². The molecule has 0 spiro atoms. The van der Waals surface area contributed by atoms with E-state index in [9.17, 15) is 4.79 Å². The molecular formula is C8H16N2O. The fourth-order valence-electron chi connectivity index (χ4n) is 1.06. The molecule has 3 N–H and O–H groups in total. The van der Waals surface area contributed by atoms with Gasteiger partial charge in [-0.2, -0.15) is 0 Å². The molecule has 0 bridgehead atoms. The lowest BCUT2D eigenvalue weighted by Crippen LogP contribution is -2.27. The van der Waals surface area contributed by atoms with Crippen LogP contribution < -0.4 is 11.1 Å². The van der Waals surface area contributed by atoms with Gasteiger partial charge in [0.15, 0.2) is 0 Å². The van der Waals surface area contributed by atoms with E-state index in [1.165, 1.54) is 0 Å². The first-order chi connectivity index (χ1) is 5.16. The van der Waals surface area contributed by atoms with E-state index in [0.717, 1.165) is 25.8 Å². The molecule has 1 aliphatic carbocycles. The summed E-state index contributed by atoms with van der Waals surface area (Å²) >= 11 is 0. The third kappa shape index (κ3) is 2.89. The van der Waals surface area contributed by atoms with Gasteiger partial charge in [0.1, 0.15) is 0 Å². The van der Waals surface area contributed by atoms with Crippen LogP contribution >= 0.6 is 0 Å². The molecule has 1 saturated carbocycles. The topological polar surface area (TPSA) is 55.1 Å². The minimum atomic E-state index is 0.0189. The molecule has 0 radical (unpaired) electrons. The van der Waals surface area contributed by atoms with Crippen molar-refractivity contribution in [3.05, 3.63) is 0 Å². The number of carbonyl (C=O) groups is 1. The van der Waals surface area contributed by atoms with E-state index in [1.54, 1.807) is 0 Å². The monoisotopic (exact) mass is 156 g/mol. The van der Waals surface area contributed by atoms with Gasteiger partial charge in [0, 0.05) is 18.5 Å². The molecule has 0 aromatic heterocycles. The molecule has 0 atom stereocenters. The van der Waals surface area contributed by atoms with E-state index >= 15 is 0 Å². The number of carbonyl (C=O) groups excluding carboxylic acids is 1. The number of hydrogen-bond acceptors (Lipinski definition) is 2. The van der Waals surface area contributed by atoms with Crippen LogP contribution in [-0.4, -0.2) is 18.0 Å². The Morgan fingerprint density at radius 3 is 2.73 bits per heavy atom. The van der Waals surface area contributed by atoms with Gasteiger partial charge in [-0.15, -0.1) is 0 Å².